The number of nitrogens with one attached hydrogen (secondary N) is 1. The fraction of sp³-hybridized carbons (Fsp3) is 0.286. The first-order chi connectivity index (χ1) is 19.5. The number of alkyl halides is 1. The monoisotopic (exact) mass is 587 g/mol. The number of fused-ring (bicyclic) bond motifs is 1. The predicted molar refractivity (Wildman–Crippen MR) is 141 cm³/mol. The Bertz CT molecular complexity index is 1600. The summed E-state index contributed by atoms with van der Waals surface area (Å²) >= 11 is 5.79. The molecular weight excluding hydrogens is 564 g/mol. The Kier molecular flexibility index (Phi) is 7.68. The van der Waals surface area contributed by atoms with Crippen LogP contribution >= 0.6 is 11.6 Å². The molecule has 0 radical (unpaired) electrons. The van der Waals surface area contributed by atoms with Crippen LogP contribution < -0.4 is 5.32 Å². The van der Waals surface area contributed by atoms with E-state index in [2.05, 4.69) is 5.32 Å². The third-order valence-electron chi connectivity index (χ3n) is 6.91. The van der Waals surface area contributed by atoms with Crippen molar-refractivity contribution in [2.75, 3.05) is 6.54 Å². The Hall–Kier alpha value is -4.45. The summed E-state index contributed by atoms with van der Waals surface area (Å²) in [5.41, 5.74) is 1.18. The molecule has 3 atom stereocenters. The number of carbonyl (C=O) groups is 4. The highest BCUT2D eigenvalue weighted by atomic mass is 35.5. The number of ketones is 1. The van der Waals surface area contributed by atoms with Gasteiger partial charge < -0.3 is 29.4 Å². The third-order valence-corrected chi connectivity index (χ3v) is 7.21. The number of nitrogens with zero attached hydrogens (tertiary/aromatic N) is 2. The van der Waals surface area contributed by atoms with E-state index in [0.29, 0.717) is 22.0 Å². The van der Waals surface area contributed by atoms with E-state index in [1.165, 1.54) is 42.0 Å². The predicted octanol–water partition coefficient (Wildman–Crippen LogP) is 3.86. The smallest absolute Gasteiger partial charge is 0.341 e. The van der Waals surface area contributed by atoms with E-state index in [1.54, 1.807) is 12.1 Å². The van der Waals surface area contributed by atoms with Crippen molar-refractivity contribution in [1.82, 2.24) is 14.8 Å². The Labute approximate surface area is 237 Å². The lowest BCUT2D eigenvalue weighted by atomic mass is 10.1. The summed E-state index contributed by atoms with van der Waals surface area (Å²) in [4.78, 5) is 51.5. The molecule has 2 aromatic carbocycles. The zero-order valence-corrected chi connectivity index (χ0v) is 22.4. The largest absolute Gasteiger partial charge is 0.481 e. The number of hydrogen-bond donors (Lipinski definition) is 2. The minimum absolute atomic E-state index is 0.105. The maximum absolute atomic E-state index is 14.5. The van der Waals surface area contributed by atoms with Crippen LogP contribution in [0.1, 0.15) is 41.1 Å². The molecular formula is C28H24ClF2N3O7. The van der Waals surface area contributed by atoms with Crippen LogP contribution in [0.25, 0.3) is 10.9 Å². The van der Waals surface area contributed by atoms with Crippen LogP contribution in [0, 0.1) is 5.82 Å². The Balaban J connectivity index is 1.37. The van der Waals surface area contributed by atoms with Crippen LogP contribution in [-0.4, -0.2) is 56.9 Å². The molecule has 3 aromatic rings. The Morgan fingerprint density at radius 3 is 2.71 bits per heavy atom. The highest BCUT2D eigenvalue weighted by Crippen LogP contribution is 2.31. The second-order valence-electron chi connectivity index (χ2n) is 9.70. The molecule has 214 valence electrons. The number of amides is 2. The lowest BCUT2D eigenvalue weighted by molar-refractivity contribution is -0.183. The molecule has 0 saturated carbocycles. The molecule has 5 rings (SSSR count). The molecule has 2 aliphatic heterocycles. The van der Waals surface area contributed by atoms with Gasteiger partial charge >= 0.3 is 5.97 Å². The fourth-order valence-corrected chi connectivity index (χ4v) is 5.14. The zero-order chi connectivity index (χ0) is 29.4. The molecule has 1 fully saturated rings. The molecule has 1 aromatic heterocycles. The highest BCUT2D eigenvalue weighted by Gasteiger charge is 2.40. The van der Waals surface area contributed by atoms with Crippen LogP contribution in [0.2, 0.25) is 5.02 Å². The maximum atomic E-state index is 14.5. The van der Waals surface area contributed by atoms with E-state index in [-0.39, 0.29) is 42.4 Å². The van der Waals surface area contributed by atoms with Gasteiger partial charge in [-0.3, -0.25) is 14.4 Å². The number of hydrogen-bond acceptors (Lipinski definition) is 7. The molecule has 0 bridgehead atoms. The van der Waals surface area contributed by atoms with Crippen molar-refractivity contribution >= 4 is 46.1 Å². The van der Waals surface area contributed by atoms with Gasteiger partial charge in [0.2, 0.25) is 11.8 Å². The molecule has 13 heteroatoms. The summed E-state index contributed by atoms with van der Waals surface area (Å²) < 4.78 is 40.4. The first kappa shape index (κ1) is 28.1. The van der Waals surface area contributed by atoms with E-state index in [0.717, 1.165) is 11.0 Å². The quantitative estimate of drug-likeness (QED) is 0.317. The number of rotatable bonds is 7. The van der Waals surface area contributed by atoms with Crippen LogP contribution in [-0.2, 0) is 36.9 Å². The molecule has 2 N–H and O–H groups in total. The van der Waals surface area contributed by atoms with Crippen molar-refractivity contribution in [2.45, 2.75) is 44.9 Å². The molecule has 3 heterocycles. The molecule has 2 amide bonds. The third kappa shape index (κ3) is 5.73. The Morgan fingerprint density at radius 2 is 1.98 bits per heavy atom. The molecule has 10 nitrogen and oxygen atoms in total. The number of benzene rings is 2. The molecule has 1 saturated heterocycles. The van der Waals surface area contributed by atoms with Crippen LogP contribution in [0.15, 0.2) is 54.6 Å². The molecule has 41 heavy (non-hydrogen) atoms. The van der Waals surface area contributed by atoms with Crippen molar-refractivity contribution in [2.24, 2.45) is 0 Å². The number of aliphatic hydroxyl groups excluding tert-OH is 1. The van der Waals surface area contributed by atoms with Gasteiger partial charge in [0, 0.05) is 46.8 Å². The molecule has 1 unspecified atom stereocenters. The van der Waals surface area contributed by atoms with Gasteiger partial charge in [-0.2, -0.15) is 0 Å². The maximum Gasteiger partial charge on any atom is 0.341 e. The number of likely N-dealkylation sites (tertiary alicyclic amines) is 1. The average Bonchev–Trinajstić information content (AvgIpc) is 3.49. The molecule has 0 aliphatic carbocycles. The number of halogens is 3. The average molecular weight is 588 g/mol. The number of carbonyl (C=O) groups excluding carboxylic acids is 4. The summed E-state index contributed by atoms with van der Waals surface area (Å²) in [6.07, 6.45) is -0.694. The SMILES string of the molecule is CC(=O)c1cn(CC(=O)N2C[C@H](F)C[C@H]2C(=O)NCc2cccc(Cl)c2F)c2cc(C3OC(=O)C=C(O)O3)ccc12. The number of aromatic nitrogens is 1. The van der Waals surface area contributed by atoms with E-state index < -0.39 is 48.0 Å². The van der Waals surface area contributed by atoms with E-state index in [4.69, 9.17) is 21.1 Å². The van der Waals surface area contributed by atoms with Crippen molar-refractivity contribution in [3.8, 4) is 0 Å². The van der Waals surface area contributed by atoms with Crippen LogP contribution in [0.5, 0.6) is 0 Å². The number of ether oxygens (including phenoxy) is 2. The van der Waals surface area contributed by atoms with Gasteiger partial charge in [0.15, 0.2) is 5.78 Å². The second-order valence-corrected chi connectivity index (χ2v) is 10.1. The van der Waals surface area contributed by atoms with E-state index in [1.807, 2.05) is 0 Å². The van der Waals surface area contributed by atoms with Gasteiger partial charge in [-0.15, -0.1) is 0 Å². The highest BCUT2D eigenvalue weighted by molar-refractivity contribution is 6.30. The summed E-state index contributed by atoms with van der Waals surface area (Å²) in [6.45, 7) is 0.500. The number of Topliss-reactive ketones (excluding diaryl/α,β-unsaturated/α-hetero) is 1. The normalized spacial score (nSPS) is 20.4. The minimum atomic E-state index is -1.45. The molecule has 2 aliphatic rings. The van der Waals surface area contributed by atoms with Gasteiger partial charge in [0.25, 0.3) is 12.2 Å². The minimum Gasteiger partial charge on any atom is -0.481 e. The lowest BCUT2D eigenvalue weighted by Gasteiger charge is -2.24. The van der Waals surface area contributed by atoms with E-state index in [9.17, 15) is 33.1 Å². The lowest BCUT2D eigenvalue weighted by Crippen LogP contribution is -2.46. The summed E-state index contributed by atoms with van der Waals surface area (Å²) in [6, 6.07) is 7.90. The van der Waals surface area contributed by atoms with Crippen LogP contribution in [0.4, 0.5) is 8.78 Å². The van der Waals surface area contributed by atoms with Crippen molar-refractivity contribution in [1.29, 1.82) is 0 Å². The number of esters is 1. The van der Waals surface area contributed by atoms with Gasteiger partial charge in [0.05, 0.1) is 11.6 Å². The Morgan fingerprint density at radius 1 is 1.20 bits per heavy atom. The number of cyclic esters (lactones) is 1. The zero-order valence-electron chi connectivity index (χ0n) is 21.6. The number of aliphatic hydroxyl groups is 1. The first-order valence-electron chi connectivity index (χ1n) is 12.6. The summed E-state index contributed by atoms with van der Waals surface area (Å²) in [5.74, 6) is -3.63. The van der Waals surface area contributed by atoms with Crippen molar-refractivity contribution in [3.63, 3.8) is 0 Å². The van der Waals surface area contributed by atoms with Gasteiger partial charge in [-0.05, 0) is 19.1 Å². The summed E-state index contributed by atoms with van der Waals surface area (Å²) in [5, 5.41) is 12.6. The van der Waals surface area contributed by atoms with Crippen molar-refractivity contribution in [3.05, 3.63) is 82.1 Å². The first-order valence-corrected chi connectivity index (χ1v) is 13.0. The van der Waals surface area contributed by atoms with Crippen molar-refractivity contribution < 1.29 is 42.5 Å². The second kappa shape index (κ2) is 11.2. The van der Waals surface area contributed by atoms with Gasteiger partial charge in [-0.25, -0.2) is 13.6 Å². The topological polar surface area (TPSA) is 127 Å². The van der Waals surface area contributed by atoms with Gasteiger partial charge in [0.1, 0.15) is 30.7 Å². The summed E-state index contributed by atoms with van der Waals surface area (Å²) in [7, 11) is 0. The standard InChI is InChI=1S/C28H24ClF2N3O7/c1-14(35)19-12-33(21-7-15(5-6-18(19)21)28-40-24(37)9-25(38)41-28)13-23(36)34-11-17(30)8-22(34)27(39)32-10-16-3-2-4-20(29)26(16)31/h2-7,9,12,17,22,28,37H,8,10-11,13H2,1H3,(H,32,39)/t17-,22+,28?/m1/s1. The van der Waals surface area contributed by atoms with Crippen LogP contribution in [0.3, 0.4) is 0 Å². The fourth-order valence-electron chi connectivity index (χ4n) is 4.94. The van der Waals surface area contributed by atoms with E-state index >= 15 is 0 Å². The molecule has 0 spiro atoms. The van der Waals surface area contributed by atoms with Gasteiger partial charge in [-0.1, -0.05) is 35.9 Å².